The number of urea groups is 1. The average molecular weight is 326 g/mol. The predicted octanol–water partition coefficient (Wildman–Crippen LogP) is 2.55. The number of halogens is 4. The van der Waals surface area contributed by atoms with E-state index in [0.717, 1.165) is 12.1 Å². The molecule has 0 radical (unpaired) electrons. The summed E-state index contributed by atoms with van der Waals surface area (Å²) in [5.41, 5.74) is 4.64. The Labute approximate surface area is 110 Å². The standard InChI is InChI=1S/C10H11BrF3N3O/c11-7-5-6(10(12,13)14)1-2-8(7)16-3-4-17-9(15)18/h1-2,5,16H,3-4H2,(H3,15,17,18). The number of anilines is 1. The van der Waals surface area contributed by atoms with Crippen molar-refractivity contribution in [3.05, 3.63) is 28.2 Å². The summed E-state index contributed by atoms with van der Waals surface area (Å²) in [7, 11) is 0. The third-order valence-corrected chi connectivity index (χ3v) is 2.69. The van der Waals surface area contributed by atoms with E-state index in [1.807, 2.05) is 0 Å². The molecule has 2 amide bonds. The number of amides is 2. The van der Waals surface area contributed by atoms with Gasteiger partial charge in [0.15, 0.2) is 0 Å². The van der Waals surface area contributed by atoms with Gasteiger partial charge in [-0.05, 0) is 34.1 Å². The molecular weight excluding hydrogens is 315 g/mol. The monoisotopic (exact) mass is 325 g/mol. The molecule has 0 heterocycles. The Kier molecular flexibility index (Phi) is 4.83. The number of rotatable bonds is 4. The second-order valence-electron chi connectivity index (χ2n) is 3.41. The van der Waals surface area contributed by atoms with Gasteiger partial charge in [-0.15, -0.1) is 0 Å². The Balaban J connectivity index is 2.60. The highest BCUT2D eigenvalue weighted by molar-refractivity contribution is 9.10. The molecule has 0 unspecified atom stereocenters. The van der Waals surface area contributed by atoms with Crippen LogP contribution >= 0.6 is 15.9 Å². The fraction of sp³-hybridized carbons (Fsp3) is 0.300. The second kappa shape index (κ2) is 5.94. The molecule has 1 rings (SSSR count). The first kappa shape index (κ1) is 14.6. The van der Waals surface area contributed by atoms with E-state index in [1.165, 1.54) is 6.07 Å². The fourth-order valence-corrected chi connectivity index (χ4v) is 1.74. The summed E-state index contributed by atoms with van der Waals surface area (Å²) in [6.45, 7) is 0.635. The number of nitrogens with one attached hydrogen (secondary N) is 2. The van der Waals surface area contributed by atoms with Crippen LogP contribution in [0.1, 0.15) is 5.56 Å². The molecular formula is C10H11BrF3N3O. The lowest BCUT2D eigenvalue weighted by molar-refractivity contribution is -0.137. The fourth-order valence-electron chi connectivity index (χ4n) is 1.22. The summed E-state index contributed by atoms with van der Waals surface area (Å²) in [6.07, 6.45) is -4.37. The molecule has 4 N–H and O–H groups in total. The first-order chi connectivity index (χ1) is 8.30. The van der Waals surface area contributed by atoms with Gasteiger partial charge in [-0.2, -0.15) is 13.2 Å². The number of carbonyl (C=O) groups is 1. The van der Waals surface area contributed by atoms with Gasteiger partial charge in [0.25, 0.3) is 0 Å². The Bertz CT molecular complexity index is 437. The molecule has 1 aromatic rings. The molecule has 0 atom stereocenters. The summed E-state index contributed by atoms with van der Waals surface area (Å²) in [6, 6.07) is 2.64. The van der Waals surface area contributed by atoms with Gasteiger partial charge in [0.2, 0.25) is 0 Å². The van der Waals surface area contributed by atoms with Crippen LogP contribution in [0, 0.1) is 0 Å². The second-order valence-corrected chi connectivity index (χ2v) is 4.26. The van der Waals surface area contributed by atoms with Crippen LogP contribution in [0.2, 0.25) is 0 Å². The van der Waals surface area contributed by atoms with Crippen molar-refractivity contribution in [1.29, 1.82) is 0 Å². The maximum atomic E-state index is 12.4. The summed E-state index contributed by atoms with van der Waals surface area (Å²) in [5.74, 6) is 0. The predicted molar refractivity (Wildman–Crippen MR) is 65.2 cm³/mol. The number of hydrogen-bond donors (Lipinski definition) is 3. The molecule has 0 bridgehead atoms. The van der Waals surface area contributed by atoms with Crippen molar-refractivity contribution in [3.8, 4) is 0 Å². The third-order valence-electron chi connectivity index (χ3n) is 2.04. The van der Waals surface area contributed by atoms with Crippen molar-refractivity contribution in [2.45, 2.75) is 6.18 Å². The van der Waals surface area contributed by atoms with Crippen molar-refractivity contribution in [3.63, 3.8) is 0 Å². The van der Waals surface area contributed by atoms with Crippen molar-refractivity contribution in [1.82, 2.24) is 5.32 Å². The van der Waals surface area contributed by atoms with E-state index in [9.17, 15) is 18.0 Å². The van der Waals surface area contributed by atoms with Crippen LogP contribution in [0.3, 0.4) is 0 Å². The molecule has 1 aromatic carbocycles. The van der Waals surface area contributed by atoms with E-state index < -0.39 is 17.8 Å². The number of hydrogen-bond acceptors (Lipinski definition) is 2. The maximum Gasteiger partial charge on any atom is 0.416 e. The molecule has 0 aliphatic carbocycles. The van der Waals surface area contributed by atoms with Crippen LogP contribution in [-0.4, -0.2) is 19.1 Å². The van der Waals surface area contributed by atoms with E-state index in [-0.39, 0.29) is 6.54 Å². The van der Waals surface area contributed by atoms with Crippen molar-refractivity contribution < 1.29 is 18.0 Å². The minimum absolute atomic E-state index is 0.281. The molecule has 8 heteroatoms. The highest BCUT2D eigenvalue weighted by Crippen LogP contribution is 2.33. The minimum Gasteiger partial charge on any atom is -0.382 e. The van der Waals surface area contributed by atoms with Gasteiger partial charge >= 0.3 is 12.2 Å². The number of primary amides is 1. The van der Waals surface area contributed by atoms with E-state index in [0.29, 0.717) is 16.7 Å². The molecule has 0 aliphatic heterocycles. The van der Waals surface area contributed by atoms with E-state index in [1.54, 1.807) is 0 Å². The average Bonchev–Trinajstić information content (AvgIpc) is 2.24. The Hall–Kier alpha value is -1.44. The van der Waals surface area contributed by atoms with Gasteiger partial charge < -0.3 is 16.4 Å². The lowest BCUT2D eigenvalue weighted by Gasteiger charge is -2.12. The Morgan fingerprint density at radius 2 is 2.00 bits per heavy atom. The van der Waals surface area contributed by atoms with Gasteiger partial charge in [-0.3, -0.25) is 0 Å². The largest absolute Gasteiger partial charge is 0.416 e. The summed E-state index contributed by atoms with van der Waals surface area (Å²) < 4.78 is 37.5. The minimum atomic E-state index is -4.37. The van der Waals surface area contributed by atoms with Gasteiger partial charge in [-0.25, -0.2) is 4.79 Å². The van der Waals surface area contributed by atoms with Crippen molar-refractivity contribution in [2.24, 2.45) is 5.73 Å². The first-order valence-electron chi connectivity index (χ1n) is 4.94. The van der Waals surface area contributed by atoms with Crippen LogP contribution in [0.25, 0.3) is 0 Å². The number of carbonyl (C=O) groups excluding carboxylic acids is 1. The maximum absolute atomic E-state index is 12.4. The van der Waals surface area contributed by atoms with Gasteiger partial charge in [0.05, 0.1) is 5.56 Å². The molecule has 18 heavy (non-hydrogen) atoms. The van der Waals surface area contributed by atoms with Crippen molar-refractivity contribution >= 4 is 27.6 Å². The smallest absolute Gasteiger partial charge is 0.382 e. The van der Waals surface area contributed by atoms with Crippen LogP contribution < -0.4 is 16.4 Å². The Morgan fingerprint density at radius 1 is 1.33 bits per heavy atom. The highest BCUT2D eigenvalue weighted by atomic mass is 79.9. The third kappa shape index (κ3) is 4.44. The van der Waals surface area contributed by atoms with Crippen LogP contribution in [-0.2, 0) is 6.18 Å². The van der Waals surface area contributed by atoms with E-state index in [4.69, 9.17) is 5.73 Å². The van der Waals surface area contributed by atoms with E-state index >= 15 is 0 Å². The van der Waals surface area contributed by atoms with Gasteiger partial charge in [0.1, 0.15) is 0 Å². The molecule has 4 nitrogen and oxygen atoms in total. The molecule has 0 spiro atoms. The van der Waals surface area contributed by atoms with Crippen LogP contribution in [0.4, 0.5) is 23.7 Å². The molecule has 0 aromatic heterocycles. The zero-order chi connectivity index (χ0) is 13.8. The van der Waals surface area contributed by atoms with Crippen LogP contribution in [0.5, 0.6) is 0 Å². The number of benzene rings is 1. The SMILES string of the molecule is NC(=O)NCCNc1ccc(C(F)(F)F)cc1Br. The zero-order valence-electron chi connectivity index (χ0n) is 9.14. The Morgan fingerprint density at radius 3 is 2.50 bits per heavy atom. The van der Waals surface area contributed by atoms with Crippen LogP contribution in [0.15, 0.2) is 22.7 Å². The molecule has 0 fully saturated rings. The molecule has 0 saturated carbocycles. The van der Waals surface area contributed by atoms with E-state index in [2.05, 4.69) is 26.6 Å². The summed E-state index contributed by atoms with van der Waals surface area (Å²) >= 11 is 3.05. The molecule has 0 saturated heterocycles. The lowest BCUT2D eigenvalue weighted by atomic mass is 10.2. The lowest BCUT2D eigenvalue weighted by Crippen LogP contribution is -2.33. The zero-order valence-corrected chi connectivity index (χ0v) is 10.7. The molecule has 100 valence electrons. The van der Waals surface area contributed by atoms with Gasteiger partial charge in [0, 0.05) is 23.2 Å². The first-order valence-corrected chi connectivity index (χ1v) is 5.74. The quantitative estimate of drug-likeness (QED) is 0.745. The highest BCUT2D eigenvalue weighted by Gasteiger charge is 2.30. The normalized spacial score (nSPS) is 11.1. The van der Waals surface area contributed by atoms with Crippen molar-refractivity contribution in [2.75, 3.05) is 18.4 Å². The molecule has 0 aliphatic rings. The summed E-state index contributed by atoms with van der Waals surface area (Å²) in [5, 5.41) is 5.21. The topological polar surface area (TPSA) is 67.2 Å². The summed E-state index contributed by atoms with van der Waals surface area (Å²) in [4.78, 5) is 10.4. The number of nitrogens with two attached hydrogens (primary N) is 1. The number of alkyl halides is 3. The van der Waals surface area contributed by atoms with Gasteiger partial charge in [-0.1, -0.05) is 0 Å².